The summed E-state index contributed by atoms with van der Waals surface area (Å²) in [4.78, 5) is 3.54. The zero-order valence-corrected chi connectivity index (χ0v) is 6.24. The molecule has 1 unspecified atom stereocenters. The molecule has 1 aromatic rings. The molecule has 0 radical (unpaired) electrons. The molecule has 0 amide bonds. The van der Waals surface area contributed by atoms with Crippen LogP contribution in [-0.2, 0) is 0 Å². The molecule has 62 valence electrons. The highest BCUT2D eigenvalue weighted by Gasteiger charge is 2.07. The number of aliphatic hydroxyl groups excluding tert-OH is 1. The van der Waals surface area contributed by atoms with Gasteiger partial charge in [-0.3, -0.25) is 4.98 Å². The lowest BCUT2D eigenvalue weighted by molar-refractivity contribution is 0.182. The third-order valence-corrected chi connectivity index (χ3v) is 1.40. The van der Waals surface area contributed by atoms with Crippen molar-refractivity contribution in [3.63, 3.8) is 0 Å². The van der Waals surface area contributed by atoms with Crippen LogP contribution in [0.5, 0.6) is 0 Å². The minimum absolute atomic E-state index is 0.0505. The van der Waals surface area contributed by atoms with E-state index in [0.717, 1.165) is 12.3 Å². The number of nitriles is 1. The summed E-state index contributed by atoms with van der Waals surface area (Å²) in [6.07, 6.45) is 1.39. The number of aromatic nitrogens is 1. The Balaban J connectivity index is 2.82. The van der Waals surface area contributed by atoms with E-state index < -0.39 is 11.9 Å². The molecule has 4 heteroatoms. The van der Waals surface area contributed by atoms with Crippen molar-refractivity contribution in [1.29, 1.82) is 5.26 Å². The van der Waals surface area contributed by atoms with Gasteiger partial charge in [0.1, 0.15) is 5.82 Å². The van der Waals surface area contributed by atoms with Crippen LogP contribution in [0.25, 0.3) is 0 Å². The fraction of sp³-hybridized carbons (Fsp3) is 0.250. The molecule has 1 heterocycles. The SMILES string of the molecule is N#CCC(O)c1cncc(F)c1. The fourth-order valence-corrected chi connectivity index (χ4v) is 0.815. The van der Waals surface area contributed by atoms with E-state index in [1.807, 2.05) is 0 Å². The van der Waals surface area contributed by atoms with Gasteiger partial charge >= 0.3 is 0 Å². The summed E-state index contributed by atoms with van der Waals surface area (Å²) in [5.74, 6) is -0.510. The van der Waals surface area contributed by atoms with Crippen LogP contribution in [0.15, 0.2) is 18.5 Å². The molecule has 0 aliphatic heterocycles. The summed E-state index contributed by atoms with van der Waals surface area (Å²) in [5, 5.41) is 17.5. The van der Waals surface area contributed by atoms with Crippen molar-refractivity contribution in [2.45, 2.75) is 12.5 Å². The van der Waals surface area contributed by atoms with Crippen molar-refractivity contribution >= 4 is 0 Å². The van der Waals surface area contributed by atoms with E-state index in [4.69, 9.17) is 5.26 Å². The normalized spacial score (nSPS) is 12.1. The summed E-state index contributed by atoms with van der Waals surface area (Å²) < 4.78 is 12.5. The molecule has 0 saturated heterocycles. The second-order valence-corrected chi connectivity index (χ2v) is 2.31. The standard InChI is InChI=1S/C8H7FN2O/c9-7-3-6(4-11-5-7)8(12)1-2-10/h3-5,8,12H,1H2. The number of rotatable bonds is 2. The highest BCUT2D eigenvalue weighted by atomic mass is 19.1. The van der Waals surface area contributed by atoms with Crippen molar-refractivity contribution < 1.29 is 9.50 Å². The first-order chi connectivity index (χ1) is 5.74. The van der Waals surface area contributed by atoms with Gasteiger partial charge in [-0.15, -0.1) is 0 Å². The molecular formula is C8H7FN2O. The molecule has 0 saturated carbocycles. The van der Waals surface area contributed by atoms with Gasteiger partial charge in [0.15, 0.2) is 0 Å². The second-order valence-electron chi connectivity index (χ2n) is 2.31. The largest absolute Gasteiger partial charge is 0.387 e. The lowest BCUT2D eigenvalue weighted by Crippen LogP contribution is -1.97. The first kappa shape index (κ1) is 8.62. The Kier molecular flexibility index (Phi) is 2.72. The van der Waals surface area contributed by atoms with Crippen molar-refractivity contribution in [2.75, 3.05) is 0 Å². The van der Waals surface area contributed by atoms with E-state index in [1.165, 1.54) is 6.20 Å². The Morgan fingerprint density at radius 3 is 3.00 bits per heavy atom. The zero-order valence-electron chi connectivity index (χ0n) is 6.24. The Labute approximate surface area is 69.1 Å². The smallest absolute Gasteiger partial charge is 0.141 e. The number of halogens is 1. The van der Waals surface area contributed by atoms with Crippen LogP contribution >= 0.6 is 0 Å². The summed E-state index contributed by atoms with van der Waals surface area (Å²) in [6.45, 7) is 0. The Morgan fingerprint density at radius 1 is 1.67 bits per heavy atom. The van der Waals surface area contributed by atoms with E-state index >= 15 is 0 Å². The molecular weight excluding hydrogens is 159 g/mol. The maximum absolute atomic E-state index is 12.5. The van der Waals surface area contributed by atoms with Gasteiger partial charge in [0.2, 0.25) is 0 Å². The van der Waals surface area contributed by atoms with E-state index in [9.17, 15) is 9.50 Å². The van der Waals surface area contributed by atoms with Gasteiger partial charge in [-0.2, -0.15) is 5.26 Å². The number of pyridine rings is 1. The monoisotopic (exact) mass is 166 g/mol. The van der Waals surface area contributed by atoms with Crippen molar-refractivity contribution in [3.8, 4) is 6.07 Å². The molecule has 0 aliphatic rings. The average molecular weight is 166 g/mol. The Hall–Kier alpha value is -1.47. The highest BCUT2D eigenvalue weighted by molar-refractivity contribution is 5.14. The number of hydrogen-bond acceptors (Lipinski definition) is 3. The highest BCUT2D eigenvalue weighted by Crippen LogP contribution is 2.14. The quantitative estimate of drug-likeness (QED) is 0.717. The molecule has 0 aromatic carbocycles. The minimum Gasteiger partial charge on any atom is -0.387 e. The van der Waals surface area contributed by atoms with Gasteiger partial charge in [0.05, 0.1) is 24.8 Å². The predicted octanol–water partition coefficient (Wildman–Crippen LogP) is 1.17. The molecule has 1 rings (SSSR count). The van der Waals surface area contributed by atoms with Crippen LogP contribution in [0.2, 0.25) is 0 Å². The molecule has 0 aliphatic carbocycles. The first-order valence-corrected chi connectivity index (χ1v) is 3.39. The number of aliphatic hydroxyl groups is 1. The predicted molar refractivity (Wildman–Crippen MR) is 39.4 cm³/mol. The number of nitrogens with zero attached hydrogens (tertiary/aromatic N) is 2. The van der Waals surface area contributed by atoms with Gasteiger partial charge in [0, 0.05) is 11.8 Å². The summed E-state index contributed by atoms with van der Waals surface area (Å²) in [6, 6.07) is 2.95. The minimum atomic E-state index is -0.946. The number of hydrogen-bond donors (Lipinski definition) is 1. The van der Waals surface area contributed by atoms with Crippen molar-refractivity contribution in [1.82, 2.24) is 4.98 Å². The van der Waals surface area contributed by atoms with Crippen LogP contribution < -0.4 is 0 Å². The van der Waals surface area contributed by atoms with Crippen LogP contribution in [-0.4, -0.2) is 10.1 Å². The van der Waals surface area contributed by atoms with E-state index in [1.54, 1.807) is 6.07 Å². The topological polar surface area (TPSA) is 56.9 Å². The molecule has 1 atom stereocenters. The summed E-state index contributed by atoms with van der Waals surface area (Å²) in [5.41, 5.74) is 0.330. The van der Waals surface area contributed by atoms with E-state index in [0.29, 0.717) is 5.56 Å². The molecule has 1 aromatic heterocycles. The zero-order chi connectivity index (χ0) is 8.97. The third kappa shape index (κ3) is 2.01. The molecule has 12 heavy (non-hydrogen) atoms. The maximum Gasteiger partial charge on any atom is 0.141 e. The van der Waals surface area contributed by atoms with Crippen LogP contribution in [0.3, 0.4) is 0 Å². The Morgan fingerprint density at radius 2 is 2.42 bits per heavy atom. The lowest BCUT2D eigenvalue weighted by Gasteiger charge is -2.04. The maximum atomic E-state index is 12.5. The summed E-state index contributed by atoms with van der Waals surface area (Å²) >= 11 is 0. The van der Waals surface area contributed by atoms with Crippen LogP contribution in [0.1, 0.15) is 18.1 Å². The molecule has 3 nitrogen and oxygen atoms in total. The molecule has 1 N–H and O–H groups in total. The second kappa shape index (κ2) is 3.79. The fourth-order valence-electron chi connectivity index (χ4n) is 0.815. The lowest BCUT2D eigenvalue weighted by atomic mass is 10.1. The molecule has 0 spiro atoms. The van der Waals surface area contributed by atoms with Crippen LogP contribution in [0, 0.1) is 17.1 Å². The third-order valence-electron chi connectivity index (χ3n) is 1.40. The van der Waals surface area contributed by atoms with E-state index in [2.05, 4.69) is 4.98 Å². The molecule has 0 bridgehead atoms. The van der Waals surface area contributed by atoms with Gasteiger partial charge in [-0.25, -0.2) is 4.39 Å². The first-order valence-electron chi connectivity index (χ1n) is 3.39. The van der Waals surface area contributed by atoms with Gasteiger partial charge in [0.25, 0.3) is 0 Å². The van der Waals surface area contributed by atoms with Crippen molar-refractivity contribution in [2.24, 2.45) is 0 Å². The van der Waals surface area contributed by atoms with Gasteiger partial charge in [-0.1, -0.05) is 0 Å². The van der Waals surface area contributed by atoms with E-state index in [-0.39, 0.29) is 6.42 Å². The van der Waals surface area contributed by atoms with Crippen LogP contribution in [0.4, 0.5) is 4.39 Å². The van der Waals surface area contributed by atoms with Crippen molar-refractivity contribution in [3.05, 3.63) is 29.8 Å². The van der Waals surface area contributed by atoms with Gasteiger partial charge < -0.3 is 5.11 Å². The van der Waals surface area contributed by atoms with Gasteiger partial charge in [-0.05, 0) is 6.07 Å². The summed E-state index contributed by atoms with van der Waals surface area (Å²) in [7, 11) is 0. The average Bonchev–Trinajstić information content (AvgIpc) is 2.05. The Bertz CT molecular complexity index is 308. The molecule has 0 fully saturated rings.